The lowest BCUT2D eigenvalue weighted by atomic mass is 10.2. The Labute approximate surface area is 185 Å². The predicted octanol–water partition coefficient (Wildman–Crippen LogP) is 0.280. The minimum atomic E-state index is -3.81. The summed E-state index contributed by atoms with van der Waals surface area (Å²) >= 11 is 0. The van der Waals surface area contributed by atoms with E-state index >= 15 is 0 Å². The number of carbonyl (C=O) groups is 3. The number of amides is 3. The monoisotopic (exact) mass is 458 g/mol. The van der Waals surface area contributed by atoms with Crippen LogP contribution in [0.4, 0.5) is 5.69 Å². The normalized spacial score (nSPS) is 16.5. The fourth-order valence-corrected chi connectivity index (χ4v) is 4.96. The number of nitrogens with zero attached hydrogens (tertiary/aromatic N) is 2. The van der Waals surface area contributed by atoms with E-state index in [-0.39, 0.29) is 61.9 Å². The highest BCUT2D eigenvalue weighted by atomic mass is 32.2. The Balaban J connectivity index is 1.34. The molecule has 0 unspecified atom stereocenters. The van der Waals surface area contributed by atoms with Gasteiger partial charge >= 0.3 is 0 Å². The Morgan fingerprint density at radius 2 is 1.75 bits per heavy atom. The third-order valence-corrected chi connectivity index (χ3v) is 7.14. The second-order valence-corrected chi connectivity index (χ2v) is 9.27. The van der Waals surface area contributed by atoms with Crippen molar-refractivity contribution in [2.24, 2.45) is 0 Å². The van der Waals surface area contributed by atoms with Crippen LogP contribution < -0.4 is 15.4 Å². The molecule has 0 saturated carbocycles. The van der Waals surface area contributed by atoms with Crippen molar-refractivity contribution in [3.8, 4) is 5.75 Å². The first-order chi connectivity index (χ1) is 15.3. The molecule has 4 rings (SSSR count). The van der Waals surface area contributed by atoms with Crippen LogP contribution in [0.3, 0.4) is 0 Å². The molecule has 11 heteroatoms. The molecular formula is C21H22N4O6S. The number of anilines is 1. The summed E-state index contributed by atoms with van der Waals surface area (Å²) in [6.45, 7) is 0.404. The van der Waals surface area contributed by atoms with E-state index < -0.39 is 10.0 Å². The maximum Gasteiger partial charge on any atom is 0.262 e. The molecule has 2 aliphatic rings. The van der Waals surface area contributed by atoms with Gasteiger partial charge in [-0.25, -0.2) is 8.42 Å². The molecule has 1 fully saturated rings. The van der Waals surface area contributed by atoms with Crippen molar-refractivity contribution >= 4 is 33.4 Å². The number of carbonyl (C=O) groups excluding carboxylic acids is 3. The summed E-state index contributed by atoms with van der Waals surface area (Å²) in [5.74, 6) is -0.557. The lowest BCUT2D eigenvalue weighted by molar-refractivity contribution is -0.131. The molecule has 1 saturated heterocycles. The first kappa shape index (κ1) is 21.8. The maximum absolute atomic E-state index is 13.0. The van der Waals surface area contributed by atoms with Crippen molar-refractivity contribution in [1.82, 2.24) is 14.5 Å². The second kappa shape index (κ2) is 8.97. The lowest BCUT2D eigenvalue weighted by Gasteiger charge is -2.34. The zero-order valence-electron chi connectivity index (χ0n) is 17.1. The molecule has 2 heterocycles. The largest absolute Gasteiger partial charge is 0.482 e. The highest BCUT2D eigenvalue weighted by Crippen LogP contribution is 2.31. The molecule has 2 N–H and O–H groups in total. The Kier molecular flexibility index (Phi) is 6.10. The van der Waals surface area contributed by atoms with Crippen LogP contribution in [0.1, 0.15) is 10.4 Å². The van der Waals surface area contributed by atoms with Gasteiger partial charge in [-0.3, -0.25) is 14.4 Å². The van der Waals surface area contributed by atoms with Gasteiger partial charge in [0.25, 0.3) is 11.8 Å². The third-order valence-electron chi connectivity index (χ3n) is 5.25. The molecule has 0 bridgehead atoms. The van der Waals surface area contributed by atoms with Gasteiger partial charge in [0.1, 0.15) is 5.75 Å². The average Bonchev–Trinajstić information content (AvgIpc) is 2.82. The zero-order valence-corrected chi connectivity index (χ0v) is 17.9. The molecule has 0 radical (unpaired) electrons. The average molecular weight is 458 g/mol. The van der Waals surface area contributed by atoms with Gasteiger partial charge in [0.15, 0.2) is 6.61 Å². The molecule has 0 atom stereocenters. The molecule has 0 spiro atoms. The fourth-order valence-electron chi connectivity index (χ4n) is 3.51. The van der Waals surface area contributed by atoms with E-state index in [2.05, 4.69) is 10.6 Å². The quantitative estimate of drug-likeness (QED) is 0.663. The van der Waals surface area contributed by atoms with E-state index in [1.807, 2.05) is 0 Å². The predicted molar refractivity (Wildman–Crippen MR) is 115 cm³/mol. The Bertz CT molecular complexity index is 1140. The Morgan fingerprint density at radius 1 is 1.03 bits per heavy atom. The topological polar surface area (TPSA) is 125 Å². The maximum atomic E-state index is 13.0. The first-order valence-electron chi connectivity index (χ1n) is 10.0. The third kappa shape index (κ3) is 4.58. The van der Waals surface area contributed by atoms with Gasteiger partial charge in [0.05, 0.1) is 17.1 Å². The van der Waals surface area contributed by atoms with Crippen LogP contribution in [-0.4, -0.2) is 74.7 Å². The molecule has 2 aliphatic heterocycles. The molecule has 0 aliphatic carbocycles. The van der Waals surface area contributed by atoms with Crippen molar-refractivity contribution in [2.45, 2.75) is 4.90 Å². The van der Waals surface area contributed by atoms with Gasteiger partial charge in [-0.05, 0) is 30.3 Å². The summed E-state index contributed by atoms with van der Waals surface area (Å²) in [5, 5.41) is 5.19. The summed E-state index contributed by atoms with van der Waals surface area (Å²) in [4.78, 5) is 37.6. The van der Waals surface area contributed by atoms with Gasteiger partial charge < -0.3 is 20.3 Å². The first-order valence-corrected chi connectivity index (χ1v) is 11.5. The van der Waals surface area contributed by atoms with Crippen LogP contribution in [-0.2, 0) is 19.6 Å². The zero-order chi connectivity index (χ0) is 22.7. The highest BCUT2D eigenvalue weighted by Gasteiger charge is 2.31. The van der Waals surface area contributed by atoms with Gasteiger partial charge in [0, 0.05) is 31.7 Å². The van der Waals surface area contributed by atoms with Gasteiger partial charge in [-0.2, -0.15) is 4.31 Å². The molecule has 2 aromatic carbocycles. The van der Waals surface area contributed by atoms with E-state index in [0.717, 1.165) is 0 Å². The number of benzene rings is 2. The summed E-state index contributed by atoms with van der Waals surface area (Å²) in [6, 6.07) is 12.9. The van der Waals surface area contributed by atoms with Crippen LogP contribution in [0.2, 0.25) is 0 Å². The lowest BCUT2D eigenvalue weighted by Crippen LogP contribution is -2.52. The van der Waals surface area contributed by atoms with Crippen LogP contribution in [0.5, 0.6) is 5.75 Å². The number of rotatable bonds is 5. The number of sulfonamides is 1. The number of ether oxygens (including phenoxy) is 1. The Morgan fingerprint density at radius 3 is 2.47 bits per heavy atom. The minimum absolute atomic E-state index is 0.0388. The van der Waals surface area contributed by atoms with Gasteiger partial charge in [0.2, 0.25) is 15.9 Å². The van der Waals surface area contributed by atoms with Crippen molar-refractivity contribution in [2.75, 3.05) is 44.6 Å². The van der Waals surface area contributed by atoms with Crippen LogP contribution in [0, 0.1) is 0 Å². The Hall–Kier alpha value is -3.44. The van der Waals surface area contributed by atoms with Crippen LogP contribution in [0.15, 0.2) is 53.4 Å². The molecule has 2 aromatic rings. The molecular weight excluding hydrogens is 436 g/mol. The second-order valence-electron chi connectivity index (χ2n) is 7.33. The number of hydrogen-bond acceptors (Lipinski definition) is 6. The van der Waals surface area contributed by atoms with Crippen molar-refractivity contribution in [3.63, 3.8) is 0 Å². The number of piperazine rings is 1. The molecule has 3 amide bonds. The van der Waals surface area contributed by atoms with Crippen molar-refractivity contribution in [3.05, 3.63) is 54.1 Å². The highest BCUT2D eigenvalue weighted by molar-refractivity contribution is 7.89. The fraction of sp³-hybridized carbons (Fsp3) is 0.286. The summed E-state index contributed by atoms with van der Waals surface area (Å²) < 4.78 is 32.6. The number of fused-ring (bicyclic) bond motifs is 1. The molecule has 168 valence electrons. The van der Waals surface area contributed by atoms with Crippen molar-refractivity contribution in [1.29, 1.82) is 0 Å². The SMILES string of the molecule is O=C1COc2ccc(S(=O)(=O)N3CCN(C(=O)CNC(=O)c4ccccc4)CC3)cc2N1. The van der Waals surface area contributed by atoms with Crippen molar-refractivity contribution < 1.29 is 27.5 Å². The van der Waals surface area contributed by atoms with Crippen LogP contribution in [0.25, 0.3) is 0 Å². The number of hydrogen-bond donors (Lipinski definition) is 2. The van der Waals surface area contributed by atoms with Gasteiger partial charge in [-0.1, -0.05) is 18.2 Å². The van der Waals surface area contributed by atoms with E-state index in [0.29, 0.717) is 17.0 Å². The molecule has 0 aromatic heterocycles. The van der Waals surface area contributed by atoms with Crippen LogP contribution >= 0.6 is 0 Å². The van der Waals surface area contributed by atoms with E-state index in [4.69, 9.17) is 4.74 Å². The van der Waals surface area contributed by atoms with E-state index in [1.54, 1.807) is 30.3 Å². The van der Waals surface area contributed by atoms with E-state index in [1.165, 1.54) is 27.4 Å². The molecule has 32 heavy (non-hydrogen) atoms. The minimum Gasteiger partial charge on any atom is -0.482 e. The van der Waals surface area contributed by atoms with Gasteiger partial charge in [-0.15, -0.1) is 0 Å². The summed E-state index contributed by atoms with van der Waals surface area (Å²) in [5.41, 5.74) is 0.771. The molecule has 10 nitrogen and oxygen atoms in total. The van der Waals surface area contributed by atoms with E-state index in [9.17, 15) is 22.8 Å². The number of nitrogens with one attached hydrogen (secondary N) is 2. The standard InChI is InChI=1S/C21H22N4O6S/c26-19-14-31-18-7-6-16(12-17(18)23-19)32(29,30)25-10-8-24(9-11-25)20(27)13-22-21(28)15-4-2-1-3-5-15/h1-7,12H,8-11,13-14H2,(H,22,28)(H,23,26). The smallest absolute Gasteiger partial charge is 0.262 e. The summed E-state index contributed by atoms with van der Waals surface area (Å²) in [6.07, 6.45) is 0. The summed E-state index contributed by atoms with van der Waals surface area (Å²) in [7, 11) is -3.81.